The fourth-order valence-electron chi connectivity index (χ4n) is 2.99. The molecule has 1 saturated heterocycles. The summed E-state index contributed by atoms with van der Waals surface area (Å²) in [7, 11) is 0. The normalized spacial score (nSPS) is 16.0. The molecule has 0 N–H and O–H groups in total. The molecule has 3 rings (SSSR count). The van der Waals surface area contributed by atoms with E-state index in [4.69, 9.17) is 9.26 Å². The fraction of sp³-hybridized carbons (Fsp3) is 0.526. The topological polar surface area (TPSA) is 77.7 Å². The van der Waals surface area contributed by atoms with Crippen LogP contribution in [-0.4, -0.2) is 46.2 Å². The van der Waals surface area contributed by atoms with Crippen LogP contribution in [0.1, 0.15) is 45.4 Å². The number of piperidine rings is 1. The predicted molar refractivity (Wildman–Crippen MR) is 96.2 cm³/mol. The van der Waals surface area contributed by atoms with Crippen LogP contribution in [0, 0.1) is 0 Å². The maximum atomic E-state index is 12.4. The van der Waals surface area contributed by atoms with E-state index in [9.17, 15) is 18.0 Å². The number of halogens is 3. The van der Waals surface area contributed by atoms with E-state index < -0.39 is 12.0 Å². The van der Waals surface area contributed by atoms with Crippen molar-refractivity contribution in [2.75, 3.05) is 13.1 Å². The lowest BCUT2D eigenvalue weighted by molar-refractivity contribution is -0.274. The zero-order valence-electron chi connectivity index (χ0n) is 16.3. The van der Waals surface area contributed by atoms with Crippen LogP contribution in [0.3, 0.4) is 0 Å². The van der Waals surface area contributed by atoms with Crippen LogP contribution in [-0.2, 0) is 4.74 Å². The summed E-state index contributed by atoms with van der Waals surface area (Å²) >= 11 is 0. The Morgan fingerprint density at radius 2 is 1.90 bits per heavy atom. The number of likely N-dealkylation sites (tertiary alicyclic amines) is 1. The summed E-state index contributed by atoms with van der Waals surface area (Å²) in [6.45, 7) is 6.42. The van der Waals surface area contributed by atoms with E-state index in [-0.39, 0.29) is 23.6 Å². The first-order chi connectivity index (χ1) is 13.5. The van der Waals surface area contributed by atoms with Crippen LogP contribution in [0.15, 0.2) is 28.8 Å². The van der Waals surface area contributed by atoms with Crippen LogP contribution in [0.25, 0.3) is 11.4 Å². The standard InChI is InChI=1S/C19H22F3N3O4/c1-18(2,3)28-17(26)25-9-7-12(8-10-25)16-23-15(24-29-16)13-5-4-6-14(11-13)27-19(20,21)22/h4-6,11-12H,7-10H2,1-3H3. The number of hydrogen-bond donors (Lipinski definition) is 0. The van der Waals surface area contributed by atoms with Gasteiger partial charge in [0.05, 0.1) is 0 Å². The van der Waals surface area contributed by atoms with Gasteiger partial charge in [-0.3, -0.25) is 0 Å². The number of benzene rings is 1. The van der Waals surface area contributed by atoms with Crippen molar-refractivity contribution in [3.8, 4) is 17.1 Å². The molecule has 0 aliphatic carbocycles. The van der Waals surface area contributed by atoms with Crippen molar-refractivity contribution < 1.29 is 32.0 Å². The molecule has 0 spiro atoms. The molecule has 1 aromatic heterocycles. The first kappa shape index (κ1) is 20.9. The average Bonchev–Trinajstić information content (AvgIpc) is 3.09. The number of aromatic nitrogens is 2. The monoisotopic (exact) mass is 413 g/mol. The Labute approximate surface area is 165 Å². The minimum atomic E-state index is -4.77. The van der Waals surface area contributed by atoms with Crippen molar-refractivity contribution in [1.29, 1.82) is 0 Å². The molecular formula is C19H22F3N3O4. The summed E-state index contributed by atoms with van der Waals surface area (Å²) in [5.41, 5.74) is -0.201. The molecule has 1 fully saturated rings. The largest absolute Gasteiger partial charge is 0.573 e. The summed E-state index contributed by atoms with van der Waals surface area (Å²) in [5, 5.41) is 3.87. The van der Waals surface area contributed by atoms with E-state index in [1.165, 1.54) is 18.2 Å². The van der Waals surface area contributed by atoms with Gasteiger partial charge in [0.2, 0.25) is 11.7 Å². The average molecular weight is 413 g/mol. The summed E-state index contributed by atoms with van der Waals surface area (Å²) in [6, 6.07) is 5.40. The van der Waals surface area contributed by atoms with Gasteiger partial charge in [0.15, 0.2) is 0 Å². The molecule has 1 aliphatic rings. The second-order valence-electron chi connectivity index (χ2n) is 7.77. The van der Waals surface area contributed by atoms with Gasteiger partial charge in [-0.25, -0.2) is 4.79 Å². The minimum absolute atomic E-state index is 0.0375. The highest BCUT2D eigenvalue weighted by molar-refractivity contribution is 5.68. The molecule has 158 valence electrons. The third-order valence-electron chi connectivity index (χ3n) is 4.26. The maximum Gasteiger partial charge on any atom is 0.573 e. The number of ether oxygens (including phenoxy) is 2. The van der Waals surface area contributed by atoms with Crippen LogP contribution >= 0.6 is 0 Å². The molecule has 1 aromatic carbocycles. The van der Waals surface area contributed by atoms with Crippen LogP contribution in [0.5, 0.6) is 5.75 Å². The molecular weight excluding hydrogens is 391 g/mol. The summed E-state index contributed by atoms with van der Waals surface area (Å²) < 4.78 is 51.8. The van der Waals surface area contributed by atoms with Gasteiger partial charge in [-0.1, -0.05) is 17.3 Å². The maximum absolute atomic E-state index is 12.4. The Balaban J connectivity index is 1.63. The lowest BCUT2D eigenvalue weighted by Gasteiger charge is -2.32. The smallest absolute Gasteiger partial charge is 0.444 e. The van der Waals surface area contributed by atoms with E-state index in [2.05, 4.69) is 14.9 Å². The zero-order valence-corrected chi connectivity index (χ0v) is 16.3. The molecule has 0 atom stereocenters. The van der Waals surface area contributed by atoms with Gasteiger partial charge in [0.25, 0.3) is 0 Å². The second-order valence-corrected chi connectivity index (χ2v) is 7.77. The summed E-state index contributed by atoms with van der Waals surface area (Å²) in [4.78, 5) is 18.1. The molecule has 0 radical (unpaired) electrons. The van der Waals surface area contributed by atoms with Crippen LogP contribution < -0.4 is 4.74 Å². The number of carbonyl (C=O) groups is 1. The molecule has 1 amide bonds. The number of hydrogen-bond acceptors (Lipinski definition) is 6. The van der Waals surface area contributed by atoms with E-state index in [1.807, 2.05) is 20.8 Å². The number of amides is 1. The van der Waals surface area contributed by atoms with E-state index >= 15 is 0 Å². The van der Waals surface area contributed by atoms with E-state index in [1.54, 1.807) is 11.0 Å². The molecule has 2 aromatic rings. The third-order valence-corrected chi connectivity index (χ3v) is 4.26. The Kier molecular flexibility index (Phi) is 5.72. The van der Waals surface area contributed by atoms with Crippen molar-refractivity contribution >= 4 is 6.09 Å². The molecule has 1 aliphatic heterocycles. The SMILES string of the molecule is CC(C)(C)OC(=O)N1CCC(c2nc(-c3cccc(OC(F)(F)F)c3)no2)CC1. The molecule has 0 unspecified atom stereocenters. The van der Waals surface area contributed by atoms with Crippen molar-refractivity contribution in [3.63, 3.8) is 0 Å². The van der Waals surface area contributed by atoms with Gasteiger partial charge in [0, 0.05) is 24.6 Å². The Hall–Kier alpha value is -2.78. The Morgan fingerprint density at radius 3 is 2.52 bits per heavy atom. The Bertz CT molecular complexity index is 853. The molecule has 7 nitrogen and oxygen atoms in total. The van der Waals surface area contributed by atoms with E-state index in [0.717, 1.165) is 0 Å². The Morgan fingerprint density at radius 1 is 1.21 bits per heavy atom. The fourth-order valence-corrected chi connectivity index (χ4v) is 2.99. The van der Waals surface area contributed by atoms with Crippen LogP contribution in [0.4, 0.5) is 18.0 Å². The minimum Gasteiger partial charge on any atom is -0.444 e. The second kappa shape index (κ2) is 7.92. The van der Waals surface area contributed by atoms with Crippen molar-refractivity contribution in [2.24, 2.45) is 0 Å². The lowest BCUT2D eigenvalue weighted by Crippen LogP contribution is -2.41. The summed E-state index contributed by atoms with van der Waals surface area (Å²) in [6.07, 6.45) is -3.89. The quantitative estimate of drug-likeness (QED) is 0.723. The molecule has 0 bridgehead atoms. The number of nitrogens with zero attached hydrogens (tertiary/aromatic N) is 3. The number of alkyl halides is 3. The first-order valence-electron chi connectivity index (χ1n) is 9.18. The van der Waals surface area contributed by atoms with Gasteiger partial charge in [0.1, 0.15) is 11.4 Å². The van der Waals surface area contributed by atoms with Crippen molar-refractivity contribution in [2.45, 2.75) is 51.5 Å². The molecule has 2 heterocycles. The van der Waals surface area contributed by atoms with Crippen LogP contribution in [0.2, 0.25) is 0 Å². The first-order valence-corrected chi connectivity index (χ1v) is 9.18. The lowest BCUT2D eigenvalue weighted by atomic mass is 9.97. The van der Waals surface area contributed by atoms with Crippen molar-refractivity contribution in [1.82, 2.24) is 15.0 Å². The predicted octanol–water partition coefficient (Wildman–Crippen LogP) is 4.75. The molecule has 10 heteroatoms. The molecule has 29 heavy (non-hydrogen) atoms. The highest BCUT2D eigenvalue weighted by atomic mass is 19.4. The third kappa shape index (κ3) is 5.85. The highest BCUT2D eigenvalue weighted by Gasteiger charge is 2.32. The van der Waals surface area contributed by atoms with Gasteiger partial charge in [-0.05, 0) is 45.7 Å². The summed E-state index contributed by atoms with van der Waals surface area (Å²) in [5.74, 6) is 0.185. The van der Waals surface area contributed by atoms with Gasteiger partial charge >= 0.3 is 12.5 Å². The van der Waals surface area contributed by atoms with E-state index in [0.29, 0.717) is 37.4 Å². The highest BCUT2D eigenvalue weighted by Crippen LogP contribution is 2.31. The zero-order chi connectivity index (χ0) is 21.2. The van der Waals surface area contributed by atoms with Crippen molar-refractivity contribution in [3.05, 3.63) is 30.2 Å². The van der Waals surface area contributed by atoms with Gasteiger partial charge in [-0.2, -0.15) is 4.98 Å². The van der Waals surface area contributed by atoms with Gasteiger partial charge < -0.3 is 18.9 Å². The molecule has 0 saturated carbocycles. The number of carbonyl (C=O) groups excluding carboxylic acids is 1. The van der Waals surface area contributed by atoms with Gasteiger partial charge in [-0.15, -0.1) is 13.2 Å². The number of rotatable bonds is 3.